The molecule has 0 saturated carbocycles. The van der Waals surface area contributed by atoms with Gasteiger partial charge < -0.3 is 24.8 Å². The van der Waals surface area contributed by atoms with Crippen LogP contribution in [0.3, 0.4) is 0 Å². The maximum Gasteiger partial charge on any atom is 0.255 e. The van der Waals surface area contributed by atoms with Crippen LogP contribution in [0.1, 0.15) is 28.9 Å². The Hall–Kier alpha value is -2.74. The smallest absolute Gasteiger partial charge is 0.255 e. The summed E-state index contributed by atoms with van der Waals surface area (Å²) < 4.78 is 10.7. The van der Waals surface area contributed by atoms with Crippen molar-refractivity contribution in [1.82, 2.24) is 4.90 Å². The van der Waals surface area contributed by atoms with E-state index in [4.69, 9.17) is 9.47 Å². The molecule has 2 amide bonds. The number of hydrogen-bond acceptors (Lipinski definition) is 5. The summed E-state index contributed by atoms with van der Waals surface area (Å²) in [6.07, 6.45) is -0.903. The molecule has 2 N–H and O–H groups in total. The molecule has 1 saturated heterocycles. The van der Waals surface area contributed by atoms with Crippen LogP contribution >= 0.6 is 0 Å². The quantitative estimate of drug-likeness (QED) is 0.666. The molecule has 0 aliphatic carbocycles. The lowest BCUT2D eigenvalue weighted by molar-refractivity contribution is -0.155. The Morgan fingerprint density at radius 3 is 2.66 bits per heavy atom. The molecule has 0 aromatic heterocycles. The van der Waals surface area contributed by atoms with Gasteiger partial charge in [0.15, 0.2) is 0 Å². The Labute approximate surface area is 170 Å². The lowest BCUT2D eigenvalue weighted by Gasteiger charge is -2.38. The summed E-state index contributed by atoms with van der Waals surface area (Å²) in [6, 6.07) is 15.4. The van der Waals surface area contributed by atoms with Crippen molar-refractivity contribution in [3.05, 3.63) is 65.7 Å². The zero-order valence-electron chi connectivity index (χ0n) is 16.4. The van der Waals surface area contributed by atoms with Gasteiger partial charge in [0.25, 0.3) is 5.91 Å². The van der Waals surface area contributed by atoms with Gasteiger partial charge in [-0.05, 0) is 36.8 Å². The van der Waals surface area contributed by atoms with Crippen molar-refractivity contribution in [3.63, 3.8) is 0 Å². The van der Waals surface area contributed by atoms with Gasteiger partial charge in [0.1, 0.15) is 12.7 Å². The maximum atomic E-state index is 12.3. The summed E-state index contributed by atoms with van der Waals surface area (Å²) in [7, 11) is 0. The number of nitrogens with one attached hydrogen (secondary N) is 1. The molecule has 154 valence electrons. The van der Waals surface area contributed by atoms with E-state index in [0.29, 0.717) is 36.6 Å². The predicted molar refractivity (Wildman–Crippen MR) is 109 cm³/mol. The average Bonchev–Trinajstić information content (AvgIpc) is 2.75. The molecule has 1 fully saturated rings. The van der Waals surface area contributed by atoms with Gasteiger partial charge in [-0.1, -0.05) is 30.3 Å². The van der Waals surface area contributed by atoms with E-state index in [1.807, 2.05) is 13.0 Å². The topological polar surface area (TPSA) is 88.1 Å². The zero-order chi connectivity index (χ0) is 20.6. The first-order valence-electron chi connectivity index (χ1n) is 9.69. The van der Waals surface area contributed by atoms with Crippen LogP contribution in [0.25, 0.3) is 0 Å². The van der Waals surface area contributed by atoms with Gasteiger partial charge in [-0.2, -0.15) is 0 Å². The van der Waals surface area contributed by atoms with Crippen molar-refractivity contribution in [2.24, 2.45) is 0 Å². The molecular formula is C22H26N2O5. The molecule has 2 aromatic rings. The molecule has 3 rings (SSSR count). The van der Waals surface area contributed by atoms with Crippen molar-refractivity contribution in [3.8, 4) is 0 Å². The van der Waals surface area contributed by atoms with E-state index < -0.39 is 12.1 Å². The van der Waals surface area contributed by atoms with Crippen molar-refractivity contribution < 1.29 is 24.2 Å². The number of aliphatic hydroxyl groups is 1. The van der Waals surface area contributed by atoms with E-state index >= 15 is 0 Å². The summed E-state index contributed by atoms with van der Waals surface area (Å²) in [5.41, 5.74) is 1.84. The van der Waals surface area contributed by atoms with Crippen LogP contribution in [0.15, 0.2) is 54.6 Å². The first kappa shape index (κ1) is 21.0. The van der Waals surface area contributed by atoms with E-state index in [1.54, 1.807) is 53.4 Å². The fourth-order valence-electron chi connectivity index (χ4n) is 3.26. The van der Waals surface area contributed by atoms with Crippen LogP contribution in [0, 0.1) is 0 Å². The zero-order valence-corrected chi connectivity index (χ0v) is 16.4. The van der Waals surface area contributed by atoms with E-state index in [1.165, 1.54) is 0 Å². The number of carbonyl (C=O) groups excluding carboxylic acids is 2. The van der Waals surface area contributed by atoms with Crippen LogP contribution in [0.4, 0.5) is 5.69 Å². The molecule has 1 aliphatic heterocycles. The first-order valence-corrected chi connectivity index (χ1v) is 9.69. The Kier molecular flexibility index (Phi) is 7.35. The van der Waals surface area contributed by atoms with Crippen molar-refractivity contribution in [1.29, 1.82) is 0 Å². The highest BCUT2D eigenvalue weighted by Gasteiger charge is 2.34. The molecule has 29 heavy (non-hydrogen) atoms. The summed E-state index contributed by atoms with van der Waals surface area (Å²) in [6.45, 7) is 3.55. The second kappa shape index (κ2) is 10.2. The van der Waals surface area contributed by atoms with E-state index in [2.05, 4.69) is 5.32 Å². The largest absolute Gasteiger partial charge is 0.386 e. The predicted octanol–water partition coefficient (Wildman–Crippen LogP) is 2.24. The normalized spacial score (nSPS) is 17.8. The van der Waals surface area contributed by atoms with Crippen LogP contribution < -0.4 is 5.32 Å². The molecule has 2 aromatic carbocycles. The summed E-state index contributed by atoms with van der Waals surface area (Å²) in [5, 5.41) is 13.7. The van der Waals surface area contributed by atoms with Gasteiger partial charge >= 0.3 is 0 Å². The number of carbonyl (C=O) groups is 2. The first-order chi connectivity index (χ1) is 14.1. The second-order valence-corrected chi connectivity index (χ2v) is 6.75. The molecule has 7 nitrogen and oxygen atoms in total. The number of ether oxygens (including phenoxy) is 2. The molecule has 0 radical (unpaired) electrons. The number of benzene rings is 2. The number of rotatable bonds is 8. The molecule has 0 spiro atoms. The molecule has 0 bridgehead atoms. The Morgan fingerprint density at radius 1 is 1.24 bits per heavy atom. The van der Waals surface area contributed by atoms with Gasteiger partial charge in [-0.3, -0.25) is 9.59 Å². The van der Waals surface area contributed by atoms with E-state index in [-0.39, 0.29) is 25.0 Å². The summed E-state index contributed by atoms with van der Waals surface area (Å²) >= 11 is 0. The molecule has 7 heteroatoms. The third kappa shape index (κ3) is 5.41. The lowest BCUT2D eigenvalue weighted by atomic mass is 10.00. The van der Waals surface area contributed by atoms with Gasteiger partial charge in [0, 0.05) is 24.4 Å². The van der Waals surface area contributed by atoms with E-state index in [0.717, 1.165) is 0 Å². The maximum absolute atomic E-state index is 12.3. The van der Waals surface area contributed by atoms with Crippen molar-refractivity contribution >= 4 is 17.5 Å². The third-order valence-corrected chi connectivity index (χ3v) is 4.83. The van der Waals surface area contributed by atoms with Gasteiger partial charge in [-0.25, -0.2) is 0 Å². The minimum Gasteiger partial charge on any atom is -0.386 e. The number of amides is 2. The number of anilines is 1. The van der Waals surface area contributed by atoms with Crippen LogP contribution in [0.5, 0.6) is 0 Å². The highest BCUT2D eigenvalue weighted by Crippen LogP contribution is 2.25. The van der Waals surface area contributed by atoms with Gasteiger partial charge in [-0.15, -0.1) is 0 Å². The monoisotopic (exact) mass is 398 g/mol. The Morgan fingerprint density at radius 2 is 1.97 bits per heavy atom. The molecule has 1 heterocycles. The lowest BCUT2D eigenvalue weighted by Crippen LogP contribution is -2.53. The third-order valence-electron chi connectivity index (χ3n) is 4.83. The highest BCUT2D eigenvalue weighted by molar-refractivity contribution is 6.04. The number of hydrogen-bond donors (Lipinski definition) is 2. The van der Waals surface area contributed by atoms with E-state index in [9.17, 15) is 14.7 Å². The van der Waals surface area contributed by atoms with Crippen LogP contribution in [0.2, 0.25) is 0 Å². The second-order valence-electron chi connectivity index (χ2n) is 6.75. The average molecular weight is 398 g/mol. The van der Waals surface area contributed by atoms with Crippen LogP contribution in [-0.4, -0.2) is 60.8 Å². The minimum atomic E-state index is -0.903. The molecule has 1 aliphatic rings. The number of aliphatic hydroxyl groups excluding tert-OH is 1. The van der Waals surface area contributed by atoms with Gasteiger partial charge in [0.05, 0.1) is 19.3 Å². The Balaban J connectivity index is 1.66. The number of morpholine rings is 1. The molecule has 2 atom stereocenters. The van der Waals surface area contributed by atoms with Crippen LogP contribution in [-0.2, 0) is 14.3 Å². The van der Waals surface area contributed by atoms with Crippen molar-refractivity contribution in [2.75, 3.05) is 38.3 Å². The summed E-state index contributed by atoms with van der Waals surface area (Å²) in [4.78, 5) is 26.1. The molecular weight excluding hydrogens is 372 g/mol. The minimum absolute atomic E-state index is 0.0137. The molecule has 2 unspecified atom stereocenters. The highest BCUT2D eigenvalue weighted by atomic mass is 16.5. The fourth-order valence-corrected chi connectivity index (χ4v) is 3.26. The summed E-state index contributed by atoms with van der Waals surface area (Å²) in [5.74, 6) is -0.362. The standard InChI is InChI=1S/C22H26N2O5/c1-2-28-13-12-24-19(14-29-15-20(24)25)21(26)16-8-10-18(11-9-16)23-22(27)17-6-4-3-5-7-17/h3-11,19,21,26H,2,12-15H2,1H3,(H,23,27). The Bertz CT molecular complexity index is 810. The van der Waals surface area contributed by atoms with Gasteiger partial charge in [0.2, 0.25) is 5.91 Å². The number of nitrogens with zero attached hydrogens (tertiary/aromatic N) is 1. The SMILES string of the molecule is CCOCCN1C(=O)COCC1C(O)c1ccc(NC(=O)c2ccccc2)cc1. The fraction of sp³-hybridized carbons (Fsp3) is 0.364. The van der Waals surface area contributed by atoms with Crippen molar-refractivity contribution in [2.45, 2.75) is 19.1 Å².